The molecule has 0 unspecified atom stereocenters. The molecule has 6 heteroatoms. The van der Waals surface area contributed by atoms with Crippen LogP contribution in [0.3, 0.4) is 0 Å². The van der Waals surface area contributed by atoms with E-state index in [1.165, 1.54) is 11.3 Å². The van der Waals surface area contributed by atoms with Gasteiger partial charge >= 0.3 is 0 Å². The molecule has 35 heavy (non-hydrogen) atoms. The summed E-state index contributed by atoms with van der Waals surface area (Å²) in [7, 11) is 0. The maximum absolute atomic E-state index is 13.4. The maximum Gasteiger partial charge on any atom is 0.258 e. The summed E-state index contributed by atoms with van der Waals surface area (Å²) >= 11 is 7.46. The van der Waals surface area contributed by atoms with Crippen LogP contribution in [-0.4, -0.2) is 15.9 Å². The maximum atomic E-state index is 13.4. The molecule has 0 bridgehead atoms. The van der Waals surface area contributed by atoms with Crippen molar-refractivity contribution in [2.24, 2.45) is 0 Å². The number of carbonyl (C=O) groups excluding carboxylic acids is 1. The SMILES string of the molecule is O=C(Nc1nc(-c2cccc3ccccc23)cs1)c1cc(-c2ccc(Cl)cc2)nc2ccccc12. The Morgan fingerprint density at radius 1 is 0.771 bits per heavy atom. The quantitative estimate of drug-likeness (QED) is 0.271. The first kappa shape index (κ1) is 21.5. The van der Waals surface area contributed by atoms with Crippen LogP contribution in [0.4, 0.5) is 5.13 Å². The number of hydrogen-bond acceptors (Lipinski definition) is 4. The first-order valence-corrected chi connectivity index (χ1v) is 12.3. The largest absolute Gasteiger partial charge is 0.298 e. The van der Waals surface area contributed by atoms with Gasteiger partial charge in [0.15, 0.2) is 5.13 Å². The lowest BCUT2D eigenvalue weighted by Gasteiger charge is -2.10. The highest BCUT2D eigenvalue weighted by Gasteiger charge is 2.16. The van der Waals surface area contributed by atoms with Crippen LogP contribution in [-0.2, 0) is 0 Å². The summed E-state index contributed by atoms with van der Waals surface area (Å²) in [6, 6.07) is 31.3. The number of fused-ring (bicyclic) bond motifs is 2. The summed E-state index contributed by atoms with van der Waals surface area (Å²) in [5, 5.41) is 9.24. The van der Waals surface area contributed by atoms with Crippen LogP contribution >= 0.6 is 22.9 Å². The van der Waals surface area contributed by atoms with Crippen LogP contribution < -0.4 is 5.32 Å². The van der Waals surface area contributed by atoms with Crippen LogP contribution in [0.5, 0.6) is 0 Å². The summed E-state index contributed by atoms with van der Waals surface area (Å²) in [6.07, 6.45) is 0. The fourth-order valence-electron chi connectivity index (χ4n) is 4.20. The highest BCUT2D eigenvalue weighted by molar-refractivity contribution is 7.14. The molecule has 6 rings (SSSR count). The van der Waals surface area contributed by atoms with E-state index in [2.05, 4.69) is 29.6 Å². The number of benzene rings is 4. The Hall–Kier alpha value is -4.06. The highest BCUT2D eigenvalue weighted by Crippen LogP contribution is 2.32. The van der Waals surface area contributed by atoms with Gasteiger partial charge in [-0.1, -0.05) is 84.4 Å². The zero-order chi connectivity index (χ0) is 23.8. The lowest BCUT2D eigenvalue weighted by Crippen LogP contribution is -2.13. The molecule has 0 radical (unpaired) electrons. The molecule has 0 aliphatic rings. The molecule has 4 nitrogen and oxygen atoms in total. The lowest BCUT2D eigenvalue weighted by atomic mass is 10.0. The van der Waals surface area contributed by atoms with E-state index in [0.717, 1.165) is 38.5 Å². The number of nitrogens with one attached hydrogen (secondary N) is 1. The van der Waals surface area contributed by atoms with Gasteiger partial charge in [0, 0.05) is 26.9 Å². The third-order valence-electron chi connectivity index (χ3n) is 5.89. The highest BCUT2D eigenvalue weighted by atomic mass is 35.5. The van der Waals surface area contributed by atoms with Crippen molar-refractivity contribution in [3.8, 4) is 22.5 Å². The molecule has 2 heterocycles. The molecule has 0 spiro atoms. The number of carbonyl (C=O) groups is 1. The fourth-order valence-corrected chi connectivity index (χ4v) is 5.03. The van der Waals surface area contributed by atoms with E-state index in [9.17, 15) is 4.79 Å². The van der Waals surface area contributed by atoms with Gasteiger partial charge in [-0.05, 0) is 35.0 Å². The van der Waals surface area contributed by atoms with E-state index >= 15 is 0 Å². The van der Waals surface area contributed by atoms with Gasteiger partial charge in [0.2, 0.25) is 0 Å². The summed E-state index contributed by atoms with van der Waals surface area (Å²) in [5.74, 6) is -0.224. The molecule has 1 amide bonds. The van der Waals surface area contributed by atoms with Crippen molar-refractivity contribution in [3.05, 3.63) is 113 Å². The van der Waals surface area contributed by atoms with Gasteiger partial charge in [0.1, 0.15) is 0 Å². The third kappa shape index (κ3) is 4.16. The minimum absolute atomic E-state index is 0.224. The molecule has 2 aromatic heterocycles. The molecule has 0 aliphatic heterocycles. The Kier molecular flexibility index (Phi) is 5.49. The molecule has 1 N–H and O–H groups in total. The second-order valence-corrected chi connectivity index (χ2v) is 9.39. The average molecular weight is 492 g/mol. The van der Waals surface area contributed by atoms with E-state index in [4.69, 9.17) is 21.6 Å². The van der Waals surface area contributed by atoms with Gasteiger partial charge in [-0.3, -0.25) is 10.1 Å². The van der Waals surface area contributed by atoms with Crippen molar-refractivity contribution in [1.82, 2.24) is 9.97 Å². The van der Waals surface area contributed by atoms with Gasteiger partial charge in [0.25, 0.3) is 5.91 Å². The van der Waals surface area contributed by atoms with E-state index in [1.54, 1.807) is 0 Å². The Morgan fingerprint density at radius 3 is 2.37 bits per heavy atom. The first-order valence-electron chi connectivity index (χ1n) is 11.1. The molecule has 0 fully saturated rings. The van der Waals surface area contributed by atoms with Crippen molar-refractivity contribution in [1.29, 1.82) is 0 Å². The van der Waals surface area contributed by atoms with Crippen LogP contribution in [0.25, 0.3) is 44.2 Å². The van der Waals surface area contributed by atoms with Crippen molar-refractivity contribution < 1.29 is 4.79 Å². The minimum atomic E-state index is -0.224. The van der Waals surface area contributed by atoms with Crippen molar-refractivity contribution in [2.45, 2.75) is 0 Å². The number of hydrogen-bond donors (Lipinski definition) is 1. The molecule has 0 saturated heterocycles. The standard InChI is InChI=1S/C29H18ClN3OS/c30-20-14-12-19(13-15-20)26-16-24(23-9-3-4-11-25(23)31-26)28(34)33-29-32-27(17-35-29)22-10-5-7-18-6-1-2-8-21(18)22/h1-17H,(H,32,33,34). The zero-order valence-electron chi connectivity index (χ0n) is 18.4. The van der Waals surface area contributed by atoms with Crippen molar-refractivity contribution >= 4 is 55.7 Å². The molecule has 6 aromatic rings. The predicted molar refractivity (Wildman–Crippen MR) is 145 cm³/mol. The Morgan fingerprint density at radius 2 is 1.51 bits per heavy atom. The number of nitrogens with zero attached hydrogens (tertiary/aromatic N) is 2. The summed E-state index contributed by atoms with van der Waals surface area (Å²) in [5.41, 5.74) is 4.77. The molecule has 0 aliphatic carbocycles. The number of rotatable bonds is 4. The van der Waals surface area contributed by atoms with Crippen LogP contribution in [0.1, 0.15) is 10.4 Å². The topological polar surface area (TPSA) is 54.9 Å². The second-order valence-electron chi connectivity index (χ2n) is 8.10. The number of para-hydroxylation sites is 1. The van der Waals surface area contributed by atoms with E-state index in [-0.39, 0.29) is 5.91 Å². The Balaban J connectivity index is 1.36. The van der Waals surface area contributed by atoms with Crippen molar-refractivity contribution in [3.63, 3.8) is 0 Å². The first-order chi connectivity index (χ1) is 17.2. The molecular weight excluding hydrogens is 474 g/mol. The van der Waals surface area contributed by atoms with Crippen LogP contribution in [0.2, 0.25) is 5.02 Å². The monoisotopic (exact) mass is 491 g/mol. The average Bonchev–Trinajstić information content (AvgIpc) is 3.36. The summed E-state index contributed by atoms with van der Waals surface area (Å²) < 4.78 is 0. The zero-order valence-corrected chi connectivity index (χ0v) is 20.0. The van der Waals surface area contributed by atoms with Gasteiger partial charge in [-0.2, -0.15) is 0 Å². The molecule has 4 aromatic carbocycles. The molecular formula is C29H18ClN3OS. The number of amides is 1. The number of aromatic nitrogens is 2. The number of pyridine rings is 1. The normalized spacial score (nSPS) is 11.1. The molecule has 0 atom stereocenters. The van der Waals surface area contributed by atoms with Crippen LogP contribution in [0.15, 0.2) is 102 Å². The van der Waals surface area contributed by atoms with Crippen LogP contribution in [0, 0.1) is 0 Å². The van der Waals surface area contributed by atoms with Crippen molar-refractivity contribution in [2.75, 3.05) is 5.32 Å². The molecule has 168 valence electrons. The van der Waals surface area contributed by atoms with Gasteiger partial charge < -0.3 is 0 Å². The second kappa shape index (κ2) is 8.95. The third-order valence-corrected chi connectivity index (χ3v) is 6.90. The number of anilines is 1. The fraction of sp³-hybridized carbons (Fsp3) is 0. The number of halogens is 1. The lowest BCUT2D eigenvalue weighted by molar-refractivity contribution is 0.102. The Labute approximate surface area is 210 Å². The minimum Gasteiger partial charge on any atom is -0.298 e. The van der Waals surface area contributed by atoms with Gasteiger partial charge in [-0.25, -0.2) is 9.97 Å². The van der Waals surface area contributed by atoms with E-state index < -0.39 is 0 Å². The number of thiazole rings is 1. The van der Waals surface area contributed by atoms with Gasteiger partial charge in [-0.15, -0.1) is 11.3 Å². The summed E-state index contributed by atoms with van der Waals surface area (Å²) in [6.45, 7) is 0. The summed E-state index contributed by atoms with van der Waals surface area (Å²) in [4.78, 5) is 22.9. The predicted octanol–water partition coefficient (Wildman–Crippen LogP) is 8.08. The smallest absolute Gasteiger partial charge is 0.258 e. The van der Waals surface area contributed by atoms with E-state index in [0.29, 0.717) is 21.4 Å². The Bertz CT molecular complexity index is 1700. The van der Waals surface area contributed by atoms with Gasteiger partial charge in [0.05, 0.1) is 22.5 Å². The van der Waals surface area contributed by atoms with E-state index in [1.807, 2.05) is 78.2 Å². The molecule has 0 saturated carbocycles.